The van der Waals surface area contributed by atoms with Crippen LogP contribution >= 0.6 is 11.8 Å². The van der Waals surface area contributed by atoms with Crippen molar-refractivity contribution in [3.8, 4) is 5.75 Å². The Balaban J connectivity index is 1.98. The fourth-order valence-electron chi connectivity index (χ4n) is 2.98. The number of thioether (sulfide) groups is 1. The van der Waals surface area contributed by atoms with E-state index < -0.39 is 5.69 Å². The molecule has 0 unspecified atom stereocenters. The van der Waals surface area contributed by atoms with E-state index in [0.29, 0.717) is 34.2 Å². The van der Waals surface area contributed by atoms with Crippen LogP contribution in [-0.2, 0) is 20.6 Å². The second kappa shape index (κ2) is 8.05. The van der Waals surface area contributed by atoms with Crippen LogP contribution in [0.2, 0.25) is 0 Å². The number of aromatic nitrogens is 4. The Morgan fingerprint density at radius 1 is 1.21 bits per heavy atom. The van der Waals surface area contributed by atoms with E-state index in [4.69, 9.17) is 4.74 Å². The summed E-state index contributed by atoms with van der Waals surface area (Å²) < 4.78 is 9.39. The third-order valence-corrected chi connectivity index (χ3v) is 5.46. The summed E-state index contributed by atoms with van der Waals surface area (Å²) in [7, 11) is 4.59. The molecule has 3 aromatic rings. The Morgan fingerprint density at radius 3 is 2.64 bits per heavy atom. The fraction of sp³-hybridized carbons (Fsp3) is 0.368. The summed E-state index contributed by atoms with van der Waals surface area (Å²) in [5.41, 5.74) is 0.446. The monoisotopic (exact) mass is 402 g/mol. The number of nitrogens with zero attached hydrogens (tertiary/aromatic N) is 4. The van der Waals surface area contributed by atoms with Crippen LogP contribution < -0.4 is 16.0 Å². The predicted octanol–water partition coefficient (Wildman–Crippen LogP) is 1.83. The third-order valence-electron chi connectivity index (χ3n) is 4.48. The molecule has 3 rings (SSSR count). The van der Waals surface area contributed by atoms with E-state index in [0.717, 1.165) is 11.0 Å². The zero-order valence-electron chi connectivity index (χ0n) is 16.3. The SMILES string of the molecule is CCCn1c(SCC(=O)c2cccc(OC)c2)nc2c1c(=O)n(C)c(=O)n2C. The molecule has 0 radical (unpaired) electrons. The minimum atomic E-state index is -0.428. The lowest BCUT2D eigenvalue weighted by atomic mass is 10.1. The lowest BCUT2D eigenvalue weighted by molar-refractivity contribution is 0.102. The van der Waals surface area contributed by atoms with Gasteiger partial charge in [-0.05, 0) is 18.6 Å². The van der Waals surface area contributed by atoms with E-state index >= 15 is 0 Å². The molecule has 0 aliphatic heterocycles. The number of fused-ring (bicyclic) bond motifs is 1. The highest BCUT2D eigenvalue weighted by atomic mass is 32.2. The van der Waals surface area contributed by atoms with Crippen molar-refractivity contribution < 1.29 is 9.53 Å². The number of methoxy groups -OCH3 is 1. The molecule has 2 aromatic heterocycles. The van der Waals surface area contributed by atoms with E-state index in [1.807, 2.05) is 6.92 Å². The maximum atomic E-state index is 12.6. The lowest BCUT2D eigenvalue weighted by Crippen LogP contribution is -2.37. The Kier molecular flexibility index (Phi) is 5.73. The van der Waals surface area contributed by atoms with E-state index in [1.54, 1.807) is 43.0 Å². The second-order valence-electron chi connectivity index (χ2n) is 6.37. The van der Waals surface area contributed by atoms with Gasteiger partial charge in [0, 0.05) is 26.2 Å². The highest BCUT2D eigenvalue weighted by Crippen LogP contribution is 2.23. The number of benzene rings is 1. The largest absolute Gasteiger partial charge is 0.497 e. The van der Waals surface area contributed by atoms with Gasteiger partial charge in [0.2, 0.25) is 0 Å². The van der Waals surface area contributed by atoms with Gasteiger partial charge in [-0.25, -0.2) is 9.78 Å². The number of carbonyl (C=O) groups is 1. The van der Waals surface area contributed by atoms with Gasteiger partial charge in [-0.3, -0.25) is 18.7 Å². The molecule has 2 heterocycles. The smallest absolute Gasteiger partial charge is 0.332 e. The van der Waals surface area contributed by atoms with Crippen LogP contribution in [0.25, 0.3) is 11.2 Å². The number of imidazole rings is 1. The Bertz CT molecular complexity index is 1160. The Labute approximate surface area is 165 Å². The Hall–Kier alpha value is -2.81. The van der Waals surface area contributed by atoms with Crippen molar-refractivity contribution in [1.29, 1.82) is 0 Å². The van der Waals surface area contributed by atoms with Crippen LogP contribution in [0.5, 0.6) is 5.75 Å². The summed E-state index contributed by atoms with van der Waals surface area (Å²) in [6.45, 7) is 2.56. The van der Waals surface area contributed by atoms with Crippen molar-refractivity contribution in [1.82, 2.24) is 18.7 Å². The number of ketones is 1. The van der Waals surface area contributed by atoms with Gasteiger partial charge >= 0.3 is 5.69 Å². The molecule has 0 aliphatic rings. The van der Waals surface area contributed by atoms with Crippen LogP contribution in [-0.4, -0.2) is 37.3 Å². The molecule has 0 amide bonds. The van der Waals surface area contributed by atoms with E-state index in [2.05, 4.69) is 4.98 Å². The molecule has 0 aliphatic carbocycles. The summed E-state index contributed by atoms with van der Waals surface area (Å²) in [4.78, 5) is 41.9. The third kappa shape index (κ3) is 3.49. The predicted molar refractivity (Wildman–Crippen MR) is 109 cm³/mol. The average molecular weight is 402 g/mol. The molecule has 28 heavy (non-hydrogen) atoms. The van der Waals surface area contributed by atoms with Crippen molar-refractivity contribution >= 4 is 28.7 Å². The summed E-state index contributed by atoms with van der Waals surface area (Å²) in [6, 6.07) is 6.97. The van der Waals surface area contributed by atoms with Gasteiger partial charge in [-0.1, -0.05) is 30.8 Å². The second-order valence-corrected chi connectivity index (χ2v) is 7.31. The first kappa shape index (κ1) is 19.9. The first-order chi connectivity index (χ1) is 13.4. The summed E-state index contributed by atoms with van der Waals surface area (Å²) in [6.07, 6.45) is 0.787. The molecule has 0 fully saturated rings. The summed E-state index contributed by atoms with van der Waals surface area (Å²) in [5.74, 6) is 0.711. The molecule has 0 spiro atoms. The number of Topliss-reactive ketones (excluding diaryl/α,β-unsaturated/α-hetero) is 1. The molecule has 0 N–H and O–H groups in total. The van der Waals surface area contributed by atoms with Crippen molar-refractivity contribution in [3.05, 3.63) is 50.7 Å². The fourth-order valence-corrected chi connectivity index (χ4v) is 3.89. The molecule has 9 heteroatoms. The standard InChI is InChI=1S/C19H22N4O4S/c1-5-9-23-15-16(21(2)19(26)22(3)17(15)25)20-18(23)28-11-14(24)12-7-6-8-13(10-12)27-4/h6-8,10H,5,9,11H2,1-4H3. The molecule has 0 saturated heterocycles. The first-order valence-corrected chi connectivity index (χ1v) is 9.83. The van der Waals surface area contributed by atoms with Gasteiger partial charge in [-0.2, -0.15) is 0 Å². The van der Waals surface area contributed by atoms with Crippen molar-refractivity contribution in [3.63, 3.8) is 0 Å². The molecule has 0 bridgehead atoms. The van der Waals surface area contributed by atoms with Crippen LogP contribution in [0.1, 0.15) is 23.7 Å². The molecule has 0 saturated carbocycles. The zero-order chi connectivity index (χ0) is 20.4. The van der Waals surface area contributed by atoms with Crippen LogP contribution in [0.15, 0.2) is 39.0 Å². The highest BCUT2D eigenvalue weighted by Gasteiger charge is 2.20. The van der Waals surface area contributed by atoms with Gasteiger partial charge in [0.15, 0.2) is 22.1 Å². The van der Waals surface area contributed by atoms with Crippen LogP contribution in [0, 0.1) is 0 Å². The molecule has 8 nitrogen and oxygen atoms in total. The number of hydrogen-bond donors (Lipinski definition) is 0. The maximum absolute atomic E-state index is 12.6. The number of aryl methyl sites for hydroxylation is 2. The zero-order valence-corrected chi connectivity index (χ0v) is 17.1. The minimum absolute atomic E-state index is 0.0687. The van der Waals surface area contributed by atoms with Gasteiger partial charge in [0.25, 0.3) is 5.56 Å². The van der Waals surface area contributed by atoms with Crippen LogP contribution in [0.4, 0.5) is 0 Å². The number of carbonyl (C=O) groups excluding carboxylic acids is 1. The molecular formula is C19H22N4O4S. The van der Waals surface area contributed by atoms with Crippen molar-refractivity contribution in [2.45, 2.75) is 25.0 Å². The van der Waals surface area contributed by atoms with Crippen molar-refractivity contribution in [2.75, 3.05) is 12.9 Å². The molecule has 0 atom stereocenters. The Morgan fingerprint density at radius 2 is 1.96 bits per heavy atom. The quantitative estimate of drug-likeness (QED) is 0.443. The van der Waals surface area contributed by atoms with Gasteiger partial charge in [0.05, 0.1) is 12.9 Å². The van der Waals surface area contributed by atoms with Crippen molar-refractivity contribution in [2.24, 2.45) is 14.1 Å². The number of ether oxygens (including phenoxy) is 1. The van der Waals surface area contributed by atoms with E-state index in [1.165, 1.54) is 23.4 Å². The van der Waals surface area contributed by atoms with E-state index in [-0.39, 0.29) is 17.1 Å². The number of hydrogen-bond acceptors (Lipinski definition) is 6. The number of rotatable bonds is 7. The summed E-state index contributed by atoms with van der Waals surface area (Å²) >= 11 is 1.26. The van der Waals surface area contributed by atoms with Gasteiger partial charge < -0.3 is 9.30 Å². The highest BCUT2D eigenvalue weighted by molar-refractivity contribution is 7.99. The lowest BCUT2D eigenvalue weighted by Gasteiger charge is -2.08. The summed E-state index contributed by atoms with van der Waals surface area (Å²) in [5, 5.41) is 0.548. The maximum Gasteiger partial charge on any atom is 0.332 e. The minimum Gasteiger partial charge on any atom is -0.497 e. The molecule has 148 valence electrons. The first-order valence-electron chi connectivity index (χ1n) is 8.85. The normalized spacial score (nSPS) is 11.1. The van der Waals surface area contributed by atoms with Gasteiger partial charge in [-0.15, -0.1) is 0 Å². The average Bonchev–Trinajstić information content (AvgIpc) is 3.07. The van der Waals surface area contributed by atoms with E-state index in [9.17, 15) is 14.4 Å². The van der Waals surface area contributed by atoms with Crippen LogP contribution in [0.3, 0.4) is 0 Å². The van der Waals surface area contributed by atoms with Gasteiger partial charge in [0.1, 0.15) is 5.75 Å². The molecule has 1 aromatic carbocycles. The molecular weight excluding hydrogens is 380 g/mol. The topological polar surface area (TPSA) is 88.1 Å².